The lowest BCUT2D eigenvalue weighted by atomic mass is 10.0. The highest BCUT2D eigenvalue weighted by atomic mass is 127. The topological polar surface area (TPSA) is 87.1 Å². The van der Waals surface area contributed by atoms with Crippen LogP contribution in [-0.2, 0) is 20.5 Å². The number of nitrogens with zero attached hydrogens (tertiary/aromatic N) is 2. The van der Waals surface area contributed by atoms with Crippen LogP contribution in [-0.4, -0.2) is 15.0 Å². The molecular formula is C14H13FIN3O3. The van der Waals surface area contributed by atoms with Crippen molar-refractivity contribution in [3.05, 3.63) is 65.2 Å². The zero-order chi connectivity index (χ0) is 16.6. The molecule has 1 aromatic carbocycles. The maximum atomic E-state index is 14.0. The molecule has 2 rings (SSSR count). The molecule has 22 heavy (non-hydrogen) atoms. The van der Waals surface area contributed by atoms with Gasteiger partial charge in [0.1, 0.15) is 11.4 Å². The average Bonchev–Trinajstić information content (AvgIpc) is 2.44. The van der Waals surface area contributed by atoms with Crippen LogP contribution in [0.5, 0.6) is 0 Å². The highest BCUT2D eigenvalue weighted by Gasteiger charge is 2.20. The second-order valence-electron chi connectivity index (χ2n) is 4.80. The van der Waals surface area contributed by atoms with Crippen LogP contribution in [0, 0.1) is 9.39 Å². The monoisotopic (exact) mass is 417 g/mol. The van der Waals surface area contributed by atoms with Crippen LogP contribution in [0.2, 0.25) is 0 Å². The summed E-state index contributed by atoms with van der Waals surface area (Å²) in [6.07, 6.45) is -0.0805. The summed E-state index contributed by atoms with van der Waals surface area (Å²) in [7, 11) is 2.67. The predicted molar refractivity (Wildman–Crippen MR) is 87.4 cm³/mol. The van der Waals surface area contributed by atoms with Crippen molar-refractivity contribution in [1.82, 2.24) is 9.13 Å². The lowest BCUT2D eigenvalue weighted by Gasteiger charge is -2.14. The van der Waals surface area contributed by atoms with Crippen molar-refractivity contribution in [1.29, 1.82) is 0 Å². The summed E-state index contributed by atoms with van der Waals surface area (Å²) >= 11 is 1.97. The fourth-order valence-corrected chi connectivity index (χ4v) is 2.64. The van der Waals surface area contributed by atoms with Gasteiger partial charge in [0.25, 0.3) is 11.5 Å². The van der Waals surface area contributed by atoms with Crippen molar-refractivity contribution in [3.63, 3.8) is 0 Å². The van der Waals surface area contributed by atoms with Crippen molar-refractivity contribution in [2.75, 3.05) is 0 Å². The number of amides is 1. The fraction of sp³-hybridized carbons (Fsp3) is 0.214. The molecule has 0 spiro atoms. The molecule has 116 valence electrons. The summed E-state index contributed by atoms with van der Waals surface area (Å²) in [5, 5.41) is 0. The van der Waals surface area contributed by atoms with Gasteiger partial charge in [0.05, 0.1) is 0 Å². The van der Waals surface area contributed by atoms with E-state index in [2.05, 4.69) is 0 Å². The summed E-state index contributed by atoms with van der Waals surface area (Å²) in [5.41, 5.74) is 3.94. The first-order valence-corrected chi connectivity index (χ1v) is 7.34. The number of rotatable bonds is 3. The van der Waals surface area contributed by atoms with E-state index < -0.39 is 23.0 Å². The molecule has 8 heteroatoms. The molecule has 0 saturated carbocycles. The molecule has 2 N–H and O–H groups in total. The molecule has 0 aliphatic carbocycles. The second-order valence-corrected chi connectivity index (χ2v) is 6.05. The Labute approximate surface area is 138 Å². The third-order valence-corrected chi connectivity index (χ3v) is 4.08. The zero-order valence-corrected chi connectivity index (χ0v) is 14.0. The van der Waals surface area contributed by atoms with Gasteiger partial charge in [0.15, 0.2) is 0 Å². The smallest absolute Gasteiger partial charge is 0.330 e. The summed E-state index contributed by atoms with van der Waals surface area (Å²) < 4.78 is 16.6. The van der Waals surface area contributed by atoms with Crippen LogP contribution in [0.1, 0.15) is 21.6 Å². The quantitative estimate of drug-likeness (QED) is 0.739. The van der Waals surface area contributed by atoms with Crippen LogP contribution >= 0.6 is 22.6 Å². The van der Waals surface area contributed by atoms with E-state index in [1.54, 1.807) is 12.1 Å². The van der Waals surface area contributed by atoms with Gasteiger partial charge in [-0.25, -0.2) is 9.18 Å². The molecule has 0 bridgehead atoms. The summed E-state index contributed by atoms with van der Waals surface area (Å²) in [6, 6.07) is 4.57. The van der Waals surface area contributed by atoms with Crippen molar-refractivity contribution < 1.29 is 9.18 Å². The van der Waals surface area contributed by atoms with Gasteiger partial charge in [-0.1, -0.05) is 6.07 Å². The van der Waals surface area contributed by atoms with Crippen molar-refractivity contribution in [2.24, 2.45) is 19.8 Å². The zero-order valence-electron chi connectivity index (χ0n) is 11.9. The lowest BCUT2D eigenvalue weighted by molar-refractivity contribution is 0.0996. The van der Waals surface area contributed by atoms with Crippen LogP contribution in [0.15, 0.2) is 27.8 Å². The number of hydrogen-bond donors (Lipinski definition) is 1. The molecule has 1 aromatic heterocycles. The number of hydrogen-bond acceptors (Lipinski definition) is 3. The van der Waals surface area contributed by atoms with Gasteiger partial charge in [0.2, 0.25) is 0 Å². The maximum absolute atomic E-state index is 14.0. The Morgan fingerprint density at radius 1 is 1.27 bits per heavy atom. The van der Waals surface area contributed by atoms with Crippen LogP contribution in [0.25, 0.3) is 0 Å². The molecular weight excluding hydrogens is 404 g/mol. The van der Waals surface area contributed by atoms with E-state index in [4.69, 9.17) is 5.73 Å². The summed E-state index contributed by atoms with van der Waals surface area (Å²) in [6.45, 7) is 0. The molecule has 0 radical (unpaired) electrons. The molecule has 1 heterocycles. The van der Waals surface area contributed by atoms with Crippen molar-refractivity contribution in [3.8, 4) is 0 Å². The second kappa shape index (κ2) is 6.03. The summed E-state index contributed by atoms with van der Waals surface area (Å²) in [5.74, 6) is -1.42. The van der Waals surface area contributed by atoms with Gasteiger partial charge >= 0.3 is 5.69 Å². The highest BCUT2D eigenvalue weighted by Crippen LogP contribution is 2.16. The van der Waals surface area contributed by atoms with E-state index >= 15 is 0 Å². The molecule has 0 unspecified atom stereocenters. The normalized spacial score (nSPS) is 10.7. The van der Waals surface area contributed by atoms with Crippen LogP contribution in [0.4, 0.5) is 4.39 Å². The third kappa shape index (κ3) is 2.82. The van der Waals surface area contributed by atoms with Crippen LogP contribution < -0.4 is 17.0 Å². The van der Waals surface area contributed by atoms with E-state index in [1.165, 1.54) is 20.2 Å². The number of halogens is 2. The predicted octanol–water partition coefficient (Wildman–Crippen LogP) is 0.517. The van der Waals surface area contributed by atoms with Crippen molar-refractivity contribution in [2.45, 2.75) is 6.42 Å². The summed E-state index contributed by atoms with van der Waals surface area (Å²) in [4.78, 5) is 35.7. The van der Waals surface area contributed by atoms with E-state index in [0.717, 1.165) is 9.13 Å². The number of primary amides is 1. The van der Waals surface area contributed by atoms with Crippen molar-refractivity contribution >= 4 is 28.5 Å². The van der Waals surface area contributed by atoms with Gasteiger partial charge in [-0.2, -0.15) is 0 Å². The first-order chi connectivity index (χ1) is 10.2. The molecule has 0 saturated heterocycles. The Kier molecular flexibility index (Phi) is 4.50. The van der Waals surface area contributed by atoms with E-state index in [1.807, 2.05) is 22.6 Å². The largest absolute Gasteiger partial charge is 0.365 e. The minimum atomic E-state index is -0.947. The first kappa shape index (κ1) is 16.4. The Hall–Kier alpha value is -1.97. The Bertz CT molecular complexity index is 886. The molecule has 0 aliphatic rings. The number of benzene rings is 1. The molecule has 0 aliphatic heterocycles. The SMILES string of the molecule is Cn1c(Cc2ccc(I)cc2F)c(C(N)=O)c(=O)n(C)c1=O. The van der Waals surface area contributed by atoms with Gasteiger partial charge in [-0.15, -0.1) is 0 Å². The first-order valence-electron chi connectivity index (χ1n) is 6.26. The molecule has 2 aromatic rings. The Morgan fingerprint density at radius 2 is 1.91 bits per heavy atom. The average molecular weight is 417 g/mol. The number of nitrogens with two attached hydrogens (primary N) is 1. The van der Waals surface area contributed by atoms with Crippen LogP contribution in [0.3, 0.4) is 0 Å². The third-order valence-electron chi connectivity index (χ3n) is 3.41. The molecule has 1 amide bonds. The van der Waals surface area contributed by atoms with Gasteiger partial charge in [0, 0.05) is 29.8 Å². The number of carbonyl (C=O) groups is 1. The van der Waals surface area contributed by atoms with E-state index in [-0.39, 0.29) is 23.2 Å². The molecule has 0 fully saturated rings. The standard InChI is InChI=1S/C14H13FIN3O3/c1-18-10(5-7-3-4-8(16)6-9(7)15)11(12(17)20)13(21)19(2)14(18)22/h3-4,6H,5H2,1-2H3,(H2,17,20). The number of aromatic nitrogens is 2. The van der Waals surface area contributed by atoms with Gasteiger partial charge in [-0.3, -0.25) is 18.7 Å². The van der Waals surface area contributed by atoms with Gasteiger partial charge in [-0.05, 0) is 40.3 Å². The Balaban J connectivity index is 2.72. The Morgan fingerprint density at radius 3 is 2.45 bits per heavy atom. The lowest BCUT2D eigenvalue weighted by Crippen LogP contribution is -2.43. The van der Waals surface area contributed by atoms with E-state index in [0.29, 0.717) is 3.57 Å². The molecule has 0 atom stereocenters. The number of carbonyl (C=O) groups excluding carboxylic acids is 1. The maximum Gasteiger partial charge on any atom is 0.330 e. The fourth-order valence-electron chi connectivity index (χ4n) is 2.19. The minimum Gasteiger partial charge on any atom is -0.365 e. The van der Waals surface area contributed by atoms with Gasteiger partial charge < -0.3 is 5.73 Å². The van der Waals surface area contributed by atoms with E-state index in [9.17, 15) is 18.8 Å². The molecule has 6 nitrogen and oxygen atoms in total. The minimum absolute atomic E-state index is 0.0805. The highest BCUT2D eigenvalue weighted by molar-refractivity contribution is 14.1.